The largest absolute Gasteiger partial charge is 0.481 e. The van der Waals surface area contributed by atoms with Crippen molar-refractivity contribution in [2.24, 2.45) is 5.92 Å². The summed E-state index contributed by atoms with van der Waals surface area (Å²) < 4.78 is 16.2. The van der Waals surface area contributed by atoms with E-state index in [9.17, 15) is 9.18 Å². The Morgan fingerprint density at radius 1 is 1.32 bits per heavy atom. The van der Waals surface area contributed by atoms with E-state index < -0.39 is 5.97 Å². The molecule has 1 saturated heterocycles. The highest BCUT2D eigenvalue weighted by atomic mass is 32.2. The minimum Gasteiger partial charge on any atom is -0.481 e. The number of aliphatic carboxylic acids is 1. The summed E-state index contributed by atoms with van der Waals surface area (Å²) in [6.45, 7) is 1.54. The van der Waals surface area contributed by atoms with Gasteiger partial charge < -0.3 is 5.11 Å². The zero-order chi connectivity index (χ0) is 15.5. The summed E-state index contributed by atoms with van der Waals surface area (Å²) in [5, 5.41) is 9.87. The molecule has 1 N–H and O–H groups in total. The molecular weight excluding hydrogens is 323 g/mol. The number of rotatable bonds is 4. The van der Waals surface area contributed by atoms with Gasteiger partial charge in [-0.3, -0.25) is 4.79 Å². The number of aromatic nitrogens is 1. The van der Waals surface area contributed by atoms with Crippen LogP contribution in [0.25, 0.3) is 10.6 Å². The molecule has 0 spiro atoms. The zero-order valence-electron chi connectivity index (χ0n) is 11.7. The van der Waals surface area contributed by atoms with E-state index in [1.165, 1.54) is 12.1 Å². The Balaban J connectivity index is 1.60. The maximum Gasteiger partial charge on any atom is 0.306 e. The van der Waals surface area contributed by atoms with Gasteiger partial charge in [-0.2, -0.15) is 0 Å². The SMILES string of the molecule is O=C(O)C1CCN(Sc2cnc(-c3ccc(F)cc3)s2)CC1. The minimum atomic E-state index is -0.693. The van der Waals surface area contributed by atoms with Crippen LogP contribution in [0, 0.1) is 11.7 Å². The van der Waals surface area contributed by atoms with Crippen molar-refractivity contribution in [3.8, 4) is 10.6 Å². The van der Waals surface area contributed by atoms with E-state index in [2.05, 4.69) is 9.29 Å². The fourth-order valence-electron chi connectivity index (χ4n) is 2.35. The van der Waals surface area contributed by atoms with Crippen LogP contribution >= 0.6 is 23.3 Å². The number of halogens is 1. The summed E-state index contributed by atoms with van der Waals surface area (Å²) in [6.07, 6.45) is 3.19. The van der Waals surface area contributed by atoms with Crippen molar-refractivity contribution in [2.45, 2.75) is 17.1 Å². The quantitative estimate of drug-likeness (QED) is 0.861. The van der Waals surface area contributed by atoms with Crippen LogP contribution in [0.15, 0.2) is 34.7 Å². The predicted octanol–water partition coefficient (Wildman–Crippen LogP) is 3.75. The molecule has 1 fully saturated rings. The predicted molar refractivity (Wildman–Crippen MR) is 85.3 cm³/mol. The molecule has 1 aromatic heterocycles. The number of carbonyl (C=O) groups is 1. The van der Waals surface area contributed by atoms with Gasteiger partial charge >= 0.3 is 5.97 Å². The smallest absolute Gasteiger partial charge is 0.306 e. The third kappa shape index (κ3) is 3.66. The topological polar surface area (TPSA) is 53.4 Å². The van der Waals surface area contributed by atoms with Crippen molar-refractivity contribution in [2.75, 3.05) is 13.1 Å². The van der Waals surface area contributed by atoms with E-state index >= 15 is 0 Å². The molecule has 0 amide bonds. The molecule has 0 aliphatic carbocycles. The summed E-state index contributed by atoms with van der Waals surface area (Å²) in [4.78, 5) is 15.3. The molecule has 0 radical (unpaired) electrons. The van der Waals surface area contributed by atoms with Crippen LogP contribution < -0.4 is 0 Å². The van der Waals surface area contributed by atoms with Crippen molar-refractivity contribution < 1.29 is 14.3 Å². The number of hydrogen-bond acceptors (Lipinski definition) is 5. The molecule has 2 heterocycles. The van der Waals surface area contributed by atoms with Crippen LogP contribution in [-0.2, 0) is 4.79 Å². The summed E-state index contributed by atoms with van der Waals surface area (Å²) >= 11 is 3.18. The molecule has 0 atom stereocenters. The second-order valence-corrected chi connectivity index (χ2v) is 7.55. The molecule has 2 aromatic rings. The highest BCUT2D eigenvalue weighted by Gasteiger charge is 2.25. The summed E-state index contributed by atoms with van der Waals surface area (Å²) in [5.41, 5.74) is 0.905. The van der Waals surface area contributed by atoms with Gasteiger partial charge in [-0.15, -0.1) is 11.3 Å². The lowest BCUT2D eigenvalue weighted by atomic mass is 9.99. The van der Waals surface area contributed by atoms with Gasteiger partial charge in [0.05, 0.1) is 16.3 Å². The Morgan fingerprint density at radius 2 is 2.00 bits per heavy atom. The Bertz CT molecular complexity index is 652. The van der Waals surface area contributed by atoms with Gasteiger partial charge in [0.25, 0.3) is 0 Å². The van der Waals surface area contributed by atoms with Gasteiger partial charge in [-0.05, 0) is 49.1 Å². The van der Waals surface area contributed by atoms with E-state index in [1.54, 1.807) is 35.4 Å². The number of piperidine rings is 1. The first-order chi connectivity index (χ1) is 10.6. The van der Waals surface area contributed by atoms with Gasteiger partial charge in [0, 0.05) is 18.7 Å². The van der Waals surface area contributed by atoms with Crippen LogP contribution in [-0.4, -0.2) is 33.5 Å². The number of carboxylic acid groups (broad SMARTS) is 1. The maximum atomic E-state index is 12.9. The van der Waals surface area contributed by atoms with Crippen molar-refractivity contribution in [3.63, 3.8) is 0 Å². The first-order valence-corrected chi connectivity index (χ1v) is 8.58. The normalized spacial score (nSPS) is 16.8. The Morgan fingerprint density at radius 3 is 2.64 bits per heavy atom. The molecule has 4 nitrogen and oxygen atoms in total. The molecule has 22 heavy (non-hydrogen) atoms. The van der Waals surface area contributed by atoms with Crippen LogP contribution in [0.4, 0.5) is 4.39 Å². The van der Waals surface area contributed by atoms with Gasteiger partial charge in [0.15, 0.2) is 0 Å². The van der Waals surface area contributed by atoms with Gasteiger partial charge in [0.1, 0.15) is 10.8 Å². The monoisotopic (exact) mass is 338 g/mol. The lowest BCUT2D eigenvalue weighted by Gasteiger charge is -2.28. The Labute approximate surface area is 136 Å². The molecule has 0 bridgehead atoms. The molecule has 7 heteroatoms. The first kappa shape index (κ1) is 15.5. The highest BCUT2D eigenvalue weighted by Crippen LogP contribution is 2.35. The summed E-state index contributed by atoms with van der Waals surface area (Å²) in [7, 11) is 0. The molecule has 116 valence electrons. The fourth-order valence-corrected chi connectivity index (χ4v) is 4.45. The average Bonchev–Trinajstić information content (AvgIpc) is 2.97. The maximum absolute atomic E-state index is 12.9. The van der Waals surface area contributed by atoms with Gasteiger partial charge in [-0.1, -0.05) is 0 Å². The number of hydrogen-bond donors (Lipinski definition) is 1. The van der Waals surface area contributed by atoms with E-state index in [0.29, 0.717) is 12.8 Å². The minimum absolute atomic E-state index is 0.215. The van der Waals surface area contributed by atoms with Crippen LogP contribution in [0.3, 0.4) is 0 Å². The van der Waals surface area contributed by atoms with Crippen LogP contribution in [0.2, 0.25) is 0 Å². The second-order valence-electron chi connectivity index (χ2n) is 5.12. The van der Waals surface area contributed by atoms with Crippen molar-refractivity contribution in [1.29, 1.82) is 0 Å². The molecule has 3 rings (SSSR count). The number of carboxylic acids is 1. The lowest BCUT2D eigenvalue weighted by molar-refractivity contribution is -0.142. The van der Waals surface area contributed by atoms with Crippen LogP contribution in [0.5, 0.6) is 0 Å². The zero-order valence-corrected chi connectivity index (χ0v) is 13.4. The van der Waals surface area contributed by atoms with Crippen LogP contribution in [0.1, 0.15) is 12.8 Å². The van der Waals surface area contributed by atoms with E-state index in [4.69, 9.17) is 5.11 Å². The van der Waals surface area contributed by atoms with Gasteiger partial charge in [0.2, 0.25) is 0 Å². The number of nitrogens with zero attached hydrogens (tertiary/aromatic N) is 2. The van der Waals surface area contributed by atoms with E-state index in [0.717, 1.165) is 27.9 Å². The van der Waals surface area contributed by atoms with Gasteiger partial charge in [-0.25, -0.2) is 13.7 Å². The van der Waals surface area contributed by atoms with Crippen molar-refractivity contribution in [3.05, 3.63) is 36.3 Å². The second kappa shape index (κ2) is 6.76. The van der Waals surface area contributed by atoms with E-state index in [1.807, 2.05) is 6.20 Å². The third-order valence-electron chi connectivity index (χ3n) is 3.60. The Kier molecular flexibility index (Phi) is 4.75. The summed E-state index contributed by atoms with van der Waals surface area (Å²) in [5.74, 6) is -1.16. The molecule has 1 aromatic carbocycles. The standard InChI is InChI=1S/C15H15FN2O2S2/c16-12-3-1-10(2-4-12)14-17-9-13(21-14)22-18-7-5-11(6-8-18)15(19)20/h1-4,9,11H,5-8H2,(H,19,20). The average molecular weight is 338 g/mol. The number of benzene rings is 1. The number of thiazole rings is 1. The lowest BCUT2D eigenvalue weighted by Crippen LogP contribution is -2.31. The molecule has 1 aliphatic heterocycles. The third-order valence-corrected chi connectivity index (χ3v) is 5.82. The summed E-state index contributed by atoms with van der Waals surface area (Å²) in [6, 6.07) is 6.31. The van der Waals surface area contributed by atoms with Crippen molar-refractivity contribution in [1.82, 2.24) is 9.29 Å². The molecule has 1 aliphatic rings. The first-order valence-electron chi connectivity index (χ1n) is 6.99. The van der Waals surface area contributed by atoms with E-state index in [-0.39, 0.29) is 11.7 Å². The molecule has 0 unspecified atom stereocenters. The Hall–Kier alpha value is -1.44. The molecular formula is C15H15FN2O2S2. The molecule has 0 saturated carbocycles. The fraction of sp³-hybridized carbons (Fsp3) is 0.333. The van der Waals surface area contributed by atoms with Crippen molar-refractivity contribution >= 4 is 29.3 Å². The highest BCUT2D eigenvalue weighted by molar-refractivity contribution is 7.99.